The van der Waals surface area contributed by atoms with E-state index in [-0.39, 0.29) is 17.6 Å². The minimum Gasteiger partial charge on any atom is -0.489 e. The Morgan fingerprint density at radius 2 is 2.15 bits per heavy atom. The van der Waals surface area contributed by atoms with Crippen molar-refractivity contribution in [2.45, 2.75) is 19.4 Å². The number of hydrogen-bond acceptors (Lipinski definition) is 5. The van der Waals surface area contributed by atoms with E-state index in [0.29, 0.717) is 6.42 Å². The van der Waals surface area contributed by atoms with Gasteiger partial charge in [0.1, 0.15) is 11.9 Å². The predicted octanol–water partition coefficient (Wildman–Crippen LogP) is 1.21. The summed E-state index contributed by atoms with van der Waals surface area (Å²) in [5.74, 6) is -0.717. The summed E-state index contributed by atoms with van der Waals surface area (Å²) in [4.78, 5) is 11.3. The van der Waals surface area contributed by atoms with Gasteiger partial charge in [0.05, 0.1) is 24.5 Å². The molecule has 6 heteroatoms. The van der Waals surface area contributed by atoms with Crippen molar-refractivity contribution in [3.8, 4) is 5.75 Å². The maximum atomic E-state index is 12.1. The highest BCUT2D eigenvalue weighted by molar-refractivity contribution is 7.91. The third-order valence-electron chi connectivity index (χ3n) is 3.26. The summed E-state index contributed by atoms with van der Waals surface area (Å²) in [5, 5.41) is 0. The highest BCUT2D eigenvalue weighted by atomic mass is 32.2. The second-order valence-electron chi connectivity index (χ2n) is 5.05. The molecular formula is C14H18O5S. The van der Waals surface area contributed by atoms with Crippen LogP contribution in [0.3, 0.4) is 0 Å². The van der Waals surface area contributed by atoms with Crippen LogP contribution in [-0.4, -0.2) is 39.1 Å². The number of esters is 1. The Kier molecular flexibility index (Phi) is 4.32. The quantitative estimate of drug-likeness (QED) is 0.764. The second kappa shape index (κ2) is 5.83. The van der Waals surface area contributed by atoms with Gasteiger partial charge in [-0.2, -0.15) is 0 Å². The number of ether oxygens (including phenoxy) is 2. The van der Waals surface area contributed by atoms with E-state index in [1.54, 1.807) is 6.92 Å². The van der Waals surface area contributed by atoms with E-state index < -0.39 is 21.7 Å². The Hall–Kier alpha value is -1.56. The highest BCUT2D eigenvalue weighted by Gasteiger charge is 2.30. The van der Waals surface area contributed by atoms with Gasteiger partial charge >= 0.3 is 5.97 Å². The van der Waals surface area contributed by atoms with E-state index in [2.05, 4.69) is 4.74 Å². The second-order valence-corrected chi connectivity index (χ2v) is 7.21. The molecule has 20 heavy (non-hydrogen) atoms. The van der Waals surface area contributed by atoms with Gasteiger partial charge in [0.15, 0.2) is 9.84 Å². The Bertz CT molecular complexity index is 568. The molecular weight excluding hydrogens is 280 g/mol. The largest absolute Gasteiger partial charge is 0.489 e. The molecule has 0 radical (unpaired) electrons. The smallest absolute Gasteiger partial charge is 0.309 e. The molecule has 110 valence electrons. The van der Waals surface area contributed by atoms with Crippen LogP contribution < -0.4 is 4.74 Å². The number of carbonyl (C=O) groups excluding carboxylic acids is 1. The molecule has 2 rings (SSSR count). The molecule has 1 aliphatic rings. The van der Waals surface area contributed by atoms with Gasteiger partial charge in [-0.15, -0.1) is 0 Å². The van der Waals surface area contributed by atoms with Gasteiger partial charge in [-0.1, -0.05) is 25.1 Å². The summed E-state index contributed by atoms with van der Waals surface area (Å²) in [6.45, 7) is 1.55. The first-order valence-electron chi connectivity index (χ1n) is 6.44. The average molecular weight is 298 g/mol. The lowest BCUT2D eigenvalue weighted by Crippen LogP contribution is -2.31. The highest BCUT2D eigenvalue weighted by Crippen LogP contribution is 2.28. The van der Waals surface area contributed by atoms with Crippen LogP contribution in [0, 0.1) is 5.92 Å². The van der Waals surface area contributed by atoms with Crippen molar-refractivity contribution in [2.75, 3.05) is 18.6 Å². The van der Waals surface area contributed by atoms with Crippen molar-refractivity contribution in [3.63, 3.8) is 0 Å². The number of carbonyl (C=O) groups is 1. The number of benzene rings is 1. The fourth-order valence-corrected chi connectivity index (χ4v) is 4.13. The maximum absolute atomic E-state index is 12.1. The molecule has 1 aliphatic heterocycles. The van der Waals surface area contributed by atoms with Crippen LogP contribution in [0.5, 0.6) is 5.75 Å². The van der Waals surface area contributed by atoms with Gasteiger partial charge < -0.3 is 9.47 Å². The van der Waals surface area contributed by atoms with E-state index in [4.69, 9.17) is 4.74 Å². The van der Waals surface area contributed by atoms with Crippen LogP contribution in [0.2, 0.25) is 0 Å². The van der Waals surface area contributed by atoms with Crippen molar-refractivity contribution >= 4 is 15.8 Å². The molecule has 2 unspecified atom stereocenters. The van der Waals surface area contributed by atoms with E-state index >= 15 is 0 Å². The van der Waals surface area contributed by atoms with Crippen LogP contribution >= 0.6 is 0 Å². The number of para-hydroxylation sites is 1. The third kappa shape index (κ3) is 3.50. The minimum absolute atomic E-state index is 0.0803. The fourth-order valence-electron chi connectivity index (χ4n) is 2.35. The van der Waals surface area contributed by atoms with Crippen molar-refractivity contribution in [3.05, 3.63) is 29.8 Å². The summed E-state index contributed by atoms with van der Waals surface area (Å²) in [6, 6.07) is 7.52. The van der Waals surface area contributed by atoms with E-state index in [9.17, 15) is 13.2 Å². The minimum atomic E-state index is -3.36. The van der Waals surface area contributed by atoms with E-state index in [1.165, 1.54) is 7.11 Å². The Labute approximate surface area is 118 Å². The summed E-state index contributed by atoms with van der Waals surface area (Å²) in [6.07, 6.45) is 0.212. The van der Waals surface area contributed by atoms with Gasteiger partial charge in [-0.05, 0) is 11.6 Å². The number of rotatable bonds is 5. The molecule has 1 heterocycles. The molecule has 1 aromatic carbocycles. The lowest BCUT2D eigenvalue weighted by molar-refractivity contribution is -0.144. The van der Waals surface area contributed by atoms with E-state index in [1.807, 2.05) is 24.3 Å². The predicted molar refractivity (Wildman–Crippen MR) is 74.4 cm³/mol. The SMILES string of the molecule is COC(=O)C(C)CS(=O)(=O)CC1Cc2ccccc2O1. The first-order valence-corrected chi connectivity index (χ1v) is 8.26. The molecule has 2 atom stereocenters. The summed E-state index contributed by atoms with van der Waals surface area (Å²) in [5.41, 5.74) is 1.02. The van der Waals surface area contributed by atoms with Crippen LogP contribution in [0.4, 0.5) is 0 Å². The van der Waals surface area contributed by atoms with Crippen LogP contribution in [-0.2, 0) is 25.8 Å². The lowest BCUT2D eigenvalue weighted by Gasteiger charge is -2.13. The number of fused-ring (bicyclic) bond motifs is 1. The van der Waals surface area contributed by atoms with Crippen molar-refractivity contribution in [1.29, 1.82) is 0 Å². The summed E-state index contributed by atoms with van der Waals surface area (Å²) in [7, 11) is -2.11. The van der Waals surface area contributed by atoms with Crippen LogP contribution in [0.25, 0.3) is 0 Å². The van der Waals surface area contributed by atoms with Crippen molar-refractivity contribution in [1.82, 2.24) is 0 Å². The molecule has 0 fully saturated rings. The molecule has 0 saturated heterocycles. The molecule has 0 spiro atoms. The normalized spacial score (nSPS) is 19.0. The summed E-state index contributed by atoms with van der Waals surface area (Å²) < 4.78 is 34.3. The topological polar surface area (TPSA) is 69.7 Å². The molecule has 0 N–H and O–H groups in total. The van der Waals surface area contributed by atoms with Gasteiger partial charge in [-0.3, -0.25) is 4.79 Å². The number of sulfone groups is 1. The van der Waals surface area contributed by atoms with Gasteiger partial charge in [0.2, 0.25) is 0 Å². The molecule has 0 aliphatic carbocycles. The molecule has 5 nitrogen and oxygen atoms in total. The van der Waals surface area contributed by atoms with Crippen molar-refractivity contribution in [2.24, 2.45) is 5.92 Å². The average Bonchev–Trinajstić information content (AvgIpc) is 2.77. The third-order valence-corrected chi connectivity index (χ3v) is 5.15. The Morgan fingerprint density at radius 3 is 2.80 bits per heavy atom. The monoisotopic (exact) mass is 298 g/mol. The molecule has 0 bridgehead atoms. The Morgan fingerprint density at radius 1 is 1.45 bits per heavy atom. The first-order chi connectivity index (χ1) is 9.41. The molecule has 1 aromatic rings. The van der Waals surface area contributed by atoms with Gasteiger partial charge in [0, 0.05) is 6.42 Å². The zero-order valence-corrected chi connectivity index (χ0v) is 12.4. The zero-order valence-electron chi connectivity index (χ0n) is 11.5. The summed E-state index contributed by atoms with van der Waals surface area (Å²) >= 11 is 0. The van der Waals surface area contributed by atoms with Crippen LogP contribution in [0.15, 0.2) is 24.3 Å². The molecule has 0 saturated carbocycles. The number of hydrogen-bond donors (Lipinski definition) is 0. The van der Waals surface area contributed by atoms with E-state index in [0.717, 1.165) is 11.3 Å². The van der Waals surface area contributed by atoms with Gasteiger partial charge in [-0.25, -0.2) is 8.42 Å². The maximum Gasteiger partial charge on any atom is 0.309 e. The fraction of sp³-hybridized carbons (Fsp3) is 0.500. The van der Waals surface area contributed by atoms with Crippen LogP contribution in [0.1, 0.15) is 12.5 Å². The molecule has 0 aromatic heterocycles. The standard InChI is InChI=1S/C14H18O5S/c1-10(14(15)18-2)8-20(16,17)9-12-7-11-5-3-4-6-13(11)19-12/h3-6,10,12H,7-9H2,1-2H3. The zero-order chi connectivity index (χ0) is 14.8. The number of methoxy groups -OCH3 is 1. The first kappa shape index (κ1) is 14.8. The lowest BCUT2D eigenvalue weighted by atomic mass is 10.1. The van der Waals surface area contributed by atoms with Gasteiger partial charge in [0.25, 0.3) is 0 Å². The molecule has 0 amide bonds. The van der Waals surface area contributed by atoms with Crippen molar-refractivity contribution < 1.29 is 22.7 Å². The Balaban J connectivity index is 1.96.